The number of nitrogens with zero attached hydrogens (tertiary/aromatic N) is 2. The molecular formula is C30H28N2O4. The number of aliphatic carboxylic acids is 1. The van der Waals surface area contributed by atoms with Crippen molar-refractivity contribution in [1.29, 1.82) is 0 Å². The van der Waals surface area contributed by atoms with Crippen LogP contribution in [0.25, 0.3) is 22.5 Å². The van der Waals surface area contributed by atoms with Crippen molar-refractivity contribution in [3.8, 4) is 28.3 Å². The molecule has 0 unspecified atom stereocenters. The Hall–Kier alpha value is -3.93. The van der Waals surface area contributed by atoms with Crippen LogP contribution in [0.4, 0.5) is 0 Å². The fourth-order valence-corrected chi connectivity index (χ4v) is 4.68. The first-order valence-corrected chi connectivity index (χ1v) is 12.5. The molecule has 0 saturated heterocycles. The average Bonchev–Trinajstić information content (AvgIpc) is 3.83. The van der Waals surface area contributed by atoms with Gasteiger partial charge in [-0.25, -0.2) is 4.98 Å². The molecule has 0 radical (unpaired) electrons. The standard InChI is InChI=1S/C30H28N2O4/c1-19-26(17-25-3-2-4-27(31-25)35-18-20-5-6-20)28(36-32-19)23-9-7-21(8-10-23)22-11-13-24(14-12-22)30(15-16-30)29(33)34/h2-4,7-14,20H,5-6,15-18H2,1H3,(H,33,34). The topological polar surface area (TPSA) is 85.5 Å². The van der Waals surface area contributed by atoms with Gasteiger partial charge in [-0.05, 0) is 61.3 Å². The number of rotatable bonds is 9. The number of hydrogen-bond acceptors (Lipinski definition) is 5. The largest absolute Gasteiger partial charge is 0.481 e. The minimum atomic E-state index is -0.731. The number of benzene rings is 2. The number of aromatic nitrogens is 2. The van der Waals surface area contributed by atoms with Gasteiger partial charge in [-0.3, -0.25) is 4.79 Å². The minimum absolute atomic E-state index is 0.611. The van der Waals surface area contributed by atoms with Crippen LogP contribution in [0.5, 0.6) is 5.88 Å². The van der Waals surface area contributed by atoms with Gasteiger partial charge < -0.3 is 14.4 Å². The smallest absolute Gasteiger partial charge is 0.314 e. The minimum Gasteiger partial charge on any atom is -0.481 e. The number of ether oxygens (including phenoxy) is 1. The van der Waals surface area contributed by atoms with Gasteiger partial charge in [0.2, 0.25) is 5.88 Å². The Balaban J connectivity index is 1.20. The summed E-state index contributed by atoms with van der Waals surface area (Å²) in [5.74, 6) is 1.37. The number of carboxylic acids is 1. The summed E-state index contributed by atoms with van der Waals surface area (Å²) in [5.41, 5.74) is 6.05. The van der Waals surface area contributed by atoms with E-state index in [4.69, 9.17) is 9.26 Å². The van der Waals surface area contributed by atoms with Gasteiger partial charge in [0, 0.05) is 29.3 Å². The van der Waals surface area contributed by atoms with Crippen LogP contribution in [0.15, 0.2) is 71.3 Å². The molecule has 1 N–H and O–H groups in total. The molecule has 0 spiro atoms. The lowest BCUT2D eigenvalue weighted by Crippen LogP contribution is -2.19. The molecule has 6 rings (SSSR count). The summed E-state index contributed by atoms with van der Waals surface area (Å²) in [6.07, 6.45) is 4.53. The molecule has 36 heavy (non-hydrogen) atoms. The highest BCUT2D eigenvalue weighted by atomic mass is 16.5. The van der Waals surface area contributed by atoms with Gasteiger partial charge in [0.25, 0.3) is 0 Å². The van der Waals surface area contributed by atoms with E-state index in [-0.39, 0.29) is 0 Å². The first-order valence-electron chi connectivity index (χ1n) is 12.5. The Morgan fingerprint density at radius 3 is 2.31 bits per heavy atom. The van der Waals surface area contributed by atoms with Crippen molar-refractivity contribution in [2.75, 3.05) is 6.61 Å². The Kier molecular flexibility index (Phi) is 5.59. The van der Waals surface area contributed by atoms with Gasteiger partial charge >= 0.3 is 5.97 Å². The number of carboxylic acid groups (broad SMARTS) is 1. The van der Waals surface area contributed by atoms with Crippen LogP contribution in [0.3, 0.4) is 0 Å². The van der Waals surface area contributed by atoms with Crippen LogP contribution in [-0.4, -0.2) is 27.8 Å². The molecule has 2 aromatic carbocycles. The van der Waals surface area contributed by atoms with E-state index in [0.29, 0.717) is 31.1 Å². The third-order valence-electron chi connectivity index (χ3n) is 7.36. The molecule has 2 heterocycles. The van der Waals surface area contributed by atoms with E-state index in [2.05, 4.69) is 22.3 Å². The molecule has 4 aromatic rings. The van der Waals surface area contributed by atoms with Crippen LogP contribution in [0.1, 0.15) is 48.2 Å². The van der Waals surface area contributed by atoms with Crippen molar-refractivity contribution >= 4 is 5.97 Å². The molecule has 2 aliphatic carbocycles. The van der Waals surface area contributed by atoms with E-state index < -0.39 is 11.4 Å². The van der Waals surface area contributed by atoms with Crippen molar-refractivity contribution < 1.29 is 19.2 Å². The monoisotopic (exact) mass is 480 g/mol. The van der Waals surface area contributed by atoms with Crippen molar-refractivity contribution in [2.45, 2.75) is 44.4 Å². The molecule has 6 nitrogen and oxygen atoms in total. The average molecular weight is 481 g/mol. The lowest BCUT2D eigenvalue weighted by Gasteiger charge is -2.11. The first-order chi connectivity index (χ1) is 17.5. The zero-order valence-corrected chi connectivity index (χ0v) is 20.2. The van der Waals surface area contributed by atoms with E-state index in [0.717, 1.165) is 51.6 Å². The molecule has 0 atom stereocenters. The highest BCUT2D eigenvalue weighted by Crippen LogP contribution is 2.48. The second-order valence-electron chi connectivity index (χ2n) is 10.0. The normalized spacial score (nSPS) is 16.0. The Morgan fingerprint density at radius 1 is 1.00 bits per heavy atom. The fourth-order valence-electron chi connectivity index (χ4n) is 4.68. The summed E-state index contributed by atoms with van der Waals surface area (Å²) >= 11 is 0. The lowest BCUT2D eigenvalue weighted by atomic mass is 9.93. The molecule has 0 aliphatic heterocycles. The van der Waals surface area contributed by atoms with E-state index >= 15 is 0 Å². The van der Waals surface area contributed by atoms with Gasteiger partial charge in [-0.2, -0.15) is 0 Å². The summed E-state index contributed by atoms with van der Waals surface area (Å²) in [7, 11) is 0. The van der Waals surface area contributed by atoms with Crippen LogP contribution < -0.4 is 4.74 Å². The molecule has 2 saturated carbocycles. The Morgan fingerprint density at radius 2 is 1.67 bits per heavy atom. The maximum absolute atomic E-state index is 11.6. The molecule has 2 fully saturated rings. The van der Waals surface area contributed by atoms with Crippen LogP contribution >= 0.6 is 0 Å². The second kappa shape index (κ2) is 8.94. The zero-order chi connectivity index (χ0) is 24.7. The summed E-state index contributed by atoms with van der Waals surface area (Å²) in [6.45, 7) is 2.69. The highest BCUT2D eigenvalue weighted by molar-refractivity contribution is 5.85. The first kappa shape index (κ1) is 22.5. The third-order valence-corrected chi connectivity index (χ3v) is 7.36. The van der Waals surface area contributed by atoms with Gasteiger partial charge in [0.05, 0.1) is 17.7 Å². The van der Waals surface area contributed by atoms with Gasteiger partial charge in [0.15, 0.2) is 5.76 Å². The molecule has 0 bridgehead atoms. The van der Waals surface area contributed by atoms with Gasteiger partial charge in [-0.1, -0.05) is 59.8 Å². The molecule has 2 aromatic heterocycles. The predicted octanol–water partition coefficient (Wildman–Crippen LogP) is 6.21. The second-order valence-corrected chi connectivity index (χ2v) is 10.0. The van der Waals surface area contributed by atoms with Gasteiger partial charge in [0.1, 0.15) is 0 Å². The van der Waals surface area contributed by atoms with E-state index in [1.807, 2.05) is 61.5 Å². The maximum Gasteiger partial charge on any atom is 0.314 e. The van der Waals surface area contributed by atoms with E-state index in [9.17, 15) is 9.90 Å². The van der Waals surface area contributed by atoms with Crippen molar-refractivity contribution in [3.05, 3.63) is 89.2 Å². The summed E-state index contributed by atoms with van der Waals surface area (Å²) in [4.78, 5) is 16.3. The molecule has 182 valence electrons. The van der Waals surface area contributed by atoms with Crippen LogP contribution in [-0.2, 0) is 16.6 Å². The van der Waals surface area contributed by atoms with Crippen LogP contribution in [0, 0.1) is 12.8 Å². The third kappa shape index (κ3) is 4.39. The number of carbonyl (C=O) groups is 1. The van der Waals surface area contributed by atoms with Crippen LogP contribution in [0.2, 0.25) is 0 Å². The van der Waals surface area contributed by atoms with Gasteiger partial charge in [-0.15, -0.1) is 0 Å². The van der Waals surface area contributed by atoms with E-state index in [1.54, 1.807) is 0 Å². The maximum atomic E-state index is 11.6. The number of hydrogen-bond donors (Lipinski definition) is 1. The van der Waals surface area contributed by atoms with Crippen molar-refractivity contribution in [3.63, 3.8) is 0 Å². The SMILES string of the molecule is Cc1noc(-c2ccc(-c3ccc(C4(C(=O)O)CC4)cc3)cc2)c1Cc1cccc(OCC2CC2)n1. The summed E-state index contributed by atoms with van der Waals surface area (Å²) < 4.78 is 11.6. The molecule has 2 aliphatic rings. The van der Waals surface area contributed by atoms with Crippen molar-refractivity contribution in [2.24, 2.45) is 5.92 Å². The Labute approximate surface area is 209 Å². The predicted molar refractivity (Wildman–Crippen MR) is 136 cm³/mol. The molecular weight excluding hydrogens is 452 g/mol. The number of pyridine rings is 1. The summed E-state index contributed by atoms with van der Waals surface area (Å²) in [5, 5.41) is 13.8. The van der Waals surface area contributed by atoms with E-state index in [1.165, 1.54) is 12.8 Å². The summed E-state index contributed by atoms with van der Waals surface area (Å²) in [6, 6.07) is 22.0. The number of aryl methyl sites for hydroxylation is 1. The van der Waals surface area contributed by atoms with Crippen molar-refractivity contribution in [1.82, 2.24) is 10.1 Å². The molecule has 0 amide bonds. The zero-order valence-electron chi connectivity index (χ0n) is 20.2. The lowest BCUT2D eigenvalue weighted by molar-refractivity contribution is -0.140. The molecule has 6 heteroatoms. The highest BCUT2D eigenvalue weighted by Gasteiger charge is 2.51. The Bertz CT molecular complexity index is 1400. The quantitative estimate of drug-likeness (QED) is 0.307. The fraction of sp³-hybridized carbons (Fsp3) is 0.300.